The topological polar surface area (TPSA) is 94.2 Å². The number of hydrogen-bond donors (Lipinski definition) is 1. The molecule has 0 aliphatic rings. The van der Waals surface area contributed by atoms with Gasteiger partial charge in [0.15, 0.2) is 5.82 Å². The summed E-state index contributed by atoms with van der Waals surface area (Å²) in [6, 6.07) is 2.39. The van der Waals surface area contributed by atoms with E-state index in [1.165, 1.54) is 24.7 Å². The Hall–Kier alpha value is -2.69. The Kier molecular flexibility index (Phi) is 4.73. The van der Waals surface area contributed by atoms with Gasteiger partial charge in [-0.15, -0.1) is 3.97 Å². The van der Waals surface area contributed by atoms with Crippen molar-refractivity contribution in [2.75, 3.05) is 0 Å². The van der Waals surface area contributed by atoms with E-state index in [4.69, 9.17) is 5.73 Å². The van der Waals surface area contributed by atoms with Gasteiger partial charge >= 0.3 is 16.2 Å². The van der Waals surface area contributed by atoms with E-state index in [1.54, 1.807) is 17.8 Å². The number of nitrogens with zero attached hydrogens (tertiary/aromatic N) is 4. The lowest BCUT2D eigenvalue weighted by molar-refractivity contribution is -0.670. The van der Waals surface area contributed by atoms with Crippen LogP contribution >= 0.6 is 0 Å². The number of halogens is 3. The molecule has 2 aromatic rings. The number of nitrogens with two attached hydrogens (primary N) is 1. The lowest BCUT2D eigenvalue weighted by atomic mass is 10.3. The smallest absolute Gasteiger partial charge is 0.404 e. The van der Waals surface area contributed by atoms with Gasteiger partial charge in [-0.3, -0.25) is 0 Å². The monoisotopic (exact) mass is 360 g/mol. The van der Waals surface area contributed by atoms with Crippen LogP contribution in [0.1, 0.15) is 0 Å². The predicted molar refractivity (Wildman–Crippen MR) is 78.9 cm³/mol. The Morgan fingerprint density at radius 2 is 2.12 bits per heavy atom. The Balaban J connectivity index is 2.25. The van der Waals surface area contributed by atoms with Crippen molar-refractivity contribution in [2.45, 2.75) is 11.1 Å². The van der Waals surface area contributed by atoms with Gasteiger partial charge in [-0.05, 0) is 12.1 Å². The number of aryl methyl sites for hydroxylation is 1. The Morgan fingerprint density at radius 3 is 2.58 bits per heavy atom. The summed E-state index contributed by atoms with van der Waals surface area (Å²) in [5.74, 6) is -0.0874. The normalized spacial score (nSPS) is 13.6. The van der Waals surface area contributed by atoms with Gasteiger partial charge in [-0.1, -0.05) is 0 Å². The van der Waals surface area contributed by atoms with Crippen LogP contribution < -0.4 is 10.3 Å². The van der Waals surface area contributed by atoms with Crippen molar-refractivity contribution in [1.82, 2.24) is 8.96 Å². The van der Waals surface area contributed by atoms with Crippen LogP contribution in [-0.4, -0.2) is 29.8 Å². The quantitative estimate of drug-likeness (QED) is 0.651. The number of rotatable bonds is 4. The standard InChI is InChI=1S/C13H13F3N5O2S/c1-20-4-5-21(9-20)24(22,23)11-2-3-12(19-8-11)18-7-10(6-17)13(14,15)16/h2-9H,17H2,1H3/q+1/b10-6+,18-7?. The van der Waals surface area contributed by atoms with E-state index in [9.17, 15) is 21.6 Å². The van der Waals surface area contributed by atoms with Crippen molar-refractivity contribution < 1.29 is 26.2 Å². The highest BCUT2D eigenvalue weighted by molar-refractivity contribution is 7.90. The van der Waals surface area contributed by atoms with E-state index in [-0.39, 0.29) is 10.7 Å². The number of aromatic nitrogens is 3. The summed E-state index contributed by atoms with van der Waals surface area (Å²) in [5, 5.41) is 0. The Morgan fingerprint density at radius 1 is 1.42 bits per heavy atom. The van der Waals surface area contributed by atoms with Crippen molar-refractivity contribution in [3.8, 4) is 0 Å². The van der Waals surface area contributed by atoms with Crippen molar-refractivity contribution in [3.05, 3.63) is 48.8 Å². The molecule has 2 aromatic heterocycles. The molecule has 0 spiro atoms. The summed E-state index contributed by atoms with van der Waals surface area (Å²) in [6.07, 6.45) is 1.53. The molecule has 2 heterocycles. The third kappa shape index (κ3) is 3.79. The van der Waals surface area contributed by atoms with Crippen LogP contribution in [0.4, 0.5) is 19.0 Å². The molecule has 2 rings (SSSR count). The van der Waals surface area contributed by atoms with Crippen LogP contribution in [0.5, 0.6) is 0 Å². The van der Waals surface area contributed by atoms with Crippen molar-refractivity contribution >= 4 is 22.1 Å². The first-order valence-corrected chi connectivity index (χ1v) is 7.86. The van der Waals surface area contributed by atoms with Crippen molar-refractivity contribution in [1.29, 1.82) is 0 Å². The Bertz CT molecular complexity index is 883. The van der Waals surface area contributed by atoms with E-state index in [0.717, 1.165) is 10.2 Å². The highest BCUT2D eigenvalue weighted by atomic mass is 32.2. The van der Waals surface area contributed by atoms with Crippen LogP contribution in [0.25, 0.3) is 0 Å². The van der Waals surface area contributed by atoms with E-state index in [1.807, 2.05) is 0 Å². The third-order valence-corrected chi connectivity index (χ3v) is 4.49. The van der Waals surface area contributed by atoms with E-state index in [0.29, 0.717) is 12.4 Å². The van der Waals surface area contributed by atoms with Gasteiger partial charge in [-0.2, -0.15) is 21.6 Å². The molecule has 0 aliphatic heterocycles. The number of alkyl halides is 3. The maximum Gasteiger partial charge on any atom is 0.419 e. The summed E-state index contributed by atoms with van der Waals surface area (Å²) in [4.78, 5) is 7.14. The fraction of sp³-hybridized carbons (Fsp3) is 0.154. The minimum Gasteiger partial charge on any atom is -0.404 e. The van der Waals surface area contributed by atoms with Crippen molar-refractivity contribution in [3.63, 3.8) is 0 Å². The highest BCUT2D eigenvalue weighted by Crippen LogP contribution is 2.24. The van der Waals surface area contributed by atoms with Crippen LogP contribution in [0.15, 0.2) is 58.7 Å². The number of aliphatic imine (C=N–C) groups is 1. The van der Waals surface area contributed by atoms with Crippen LogP contribution in [0.2, 0.25) is 0 Å². The zero-order valence-corrected chi connectivity index (χ0v) is 13.2. The molecule has 128 valence electrons. The van der Waals surface area contributed by atoms with Gasteiger partial charge in [0.25, 0.3) is 6.33 Å². The summed E-state index contributed by atoms with van der Waals surface area (Å²) in [6.45, 7) is 0. The largest absolute Gasteiger partial charge is 0.419 e. The molecule has 0 aromatic carbocycles. The molecule has 0 aliphatic carbocycles. The second-order valence-corrected chi connectivity index (χ2v) is 6.49. The fourth-order valence-electron chi connectivity index (χ4n) is 1.64. The van der Waals surface area contributed by atoms with Gasteiger partial charge in [-0.25, -0.2) is 14.5 Å². The summed E-state index contributed by atoms with van der Waals surface area (Å²) < 4.78 is 64.6. The van der Waals surface area contributed by atoms with Gasteiger partial charge in [0.1, 0.15) is 17.3 Å². The Labute approximate surface area is 135 Å². The maximum atomic E-state index is 12.5. The zero-order valence-electron chi connectivity index (χ0n) is 12.3. The number of imidazole rings is 1. The molecule has 0 saturated heterocycles. The molecule has 0 unspecified atom stereocenters. The first-order valence-electron chi connectivity index (χ1n) is 6.42. The molecule has 24 heavy (non-hydrogen) atoms. The van der Waals surface area contributed by atoms with E-state index < -0.39 is 21.8 Å². The summed E-state index contributed by atoms with van der Waals surface area (Å²) in [7, 11) is -2.17. The average Bonchev–Trinajstić information content (AvgIpc) is 2.94. The number of pyridine rings is 1. The van der Waals surface area contributed by atoms with Crippen LogP contribution in [0.3, 0.4) is 0 Å². The minimum absolute atomic E-state index is 0.0874. The molecule has 2 N–H and O–H groups in total. The molecule has 0 fully saturated rings. The SMILES string of the molecule is C[n+]1ccn(S(=O)(=O)c2ccc(N=C/C(=C\N)C(F)(F)F)nc2)c1. The first kappa shape index (κ1) is 17.7. The lowest BCUT2D eigenvalue weighted by Crippen LogP contribution is -2.25. The molecular weight excluding hydrogens is 347 g/mol. The van der Waals surface area contributed by atoms with Crippen LogP contribution in [-0.2, 0) is 17.1 Å². The lowest BCUT2D eigenvalue weighted by Gasteiger charge is -2.05. The van der Waals surface area contributed by atoms with Crippen LogP contribution in [0, 0.1) is 0 Å². The molecule has 11 heteroatoms. The molecular formula is C13H13F3N5O2S+. The number of hydrogen-bond acceptors (Lipinski definition) is 5. The predicted octanol–water partition coefficient (Wildman–Crippen LogP) is 1.05. The molecule has 7 nitrogen and oxygen atoms in total. The number of allylic oxidation sites excluding steroid dienone is 1. The van der Waals surface area contributed by atoms with Crippen molar-refractivity contribution in [2.24, 2.45) is 17.8 Å². The average molecular weight is 360 g/mol. The third-order valence-electron chi connectivity index (χ3n) is 2.88. The highest BCUT2D eigenvalue weighted by Gasteiger charge is 2.32. The van der Waals surface area contributed by atoms with E-state index >= 15 is 0 Å². The molecule has 0 saturated carbocycles. The molecule has 0 amide bonds. The minimum atomic E-state index is -4.63. The van der Waals surface area contributed by atoms with Gasteiger partial charge < -0.3 is 5.73 Å². The van der Waals surface area contributed by atoms with Gasteiger partial charge in [0.05, 0.1) is 18.8 Å². The second kappa shape index (κ2) is 6.43. The summed E-state index contributed by atoms with van der Waals surface area (Å²) in [5.41, 5.74) is 3.75. The zero-order chi connectivity index (χ0) is 18.0. The first-order chi connectivity index (χ1) is 11.1. The van der Waals surface area contributed by atoms with E-state index in [2.05, 4.69) is 9.98 Å². The second-order valence-electron chi connectivity index (χ2n) is 4.64. The fourth-order valence-corrected chi connectivity index (χ4v) is 2.80. The van der Waals surface area contributed by atoms with Gasteiger partial charge in [0.2, 0.25) is 0 Å². The molecule has 0 radical (unpaired) electrons. The molecule has 0 bridgehead atoms. The van der Waals surface area contributed by atoms with Gasteiger partial charge in [0, 0.05) is 12.4 Å². The maximum absolute atomic E-state index is 12.5. The summed E-state index contributed by atoms with van der Waals surface area (Å²) >= 11 is 0. The molecule has 0 atom stereocenters.